The Morgan fingerprint density at radius 2 is 2.10 bits per heavy atom. The van der Waals surface area contributed by atoms with Gasteiger partial charge in [0.15, 0.2) is 0 Å². The zero-order valence-corrected chi connectivity index (χ0v) is 12.3. The summed E-state index contributed by atoms with van der Waals surface area (Å²) < 4.78 is 5.34. The third kappa shape index (κ3) is 5.75. The van der Waals surface area contributed by atoms with E-state index in [4.69, 9.17) is 9.84 Å². The van der Waals surface area contributed by atoms with Crippen LogP contribution in [0.15, 0.2) is 0 Å². The van der Waals surface area contributed by atoms with Gasteiger partial charge in [0.2, 0.25) is 0 Å². The van der Waals surface area contributed by atoms with Gasteiger partial charge in [-0.25, -0.2) is 4.79 Å². The van der Waals surface area contributed by atoms with Crippen LogP contribution in [0.4, 0.5) is 4.79 Å². The van der Waals surface area contributed by atoms with Crippen molar-refractivity contribution >= 4 is 12.0 Å². The summed E-state index contributed by atoms with van der Waals surface area (Å²) in [6.07, 6.45) is -0.474. The molecule has 20 heavy (non-hydrogen) atoms. The van der Waals surface area contributed by atoms with Crippen LogP contribution in [0.2, 0.25) is 0 Å². The number of aliphatic carboxylic acids is 1. The maximum absolute atomic E-state index is 12.0. The van der Waals surface area contributed by atoms with Gasteiger partial charge in [0.05, 0.1) is 19.1 Å². The van der Waals surface area contributed by atoms with Crippen molar-refractivity contribution in [2.24, 2.45) is 0 Å². The van der Waals surface area contributed by atoms with E-state index in [0.29, 0.717) is 26.2 Å². The topological polar surface area (TPSA) is 82.1 Å². The first kappa shape index (κ1) is 16.7. The molecule has 0 aromatic heterocycles. The molecule has 0 aromatic carbocycles. The molecule has 1 fully saturated rings. The molecule has 0 saturated carbocycles. The molecule has 1 saturated heterocycles. The number of likely N-dealkylation sites (N-methyl/N-ethyl adjacent to an activating group) is 1. The van der Waals surface area contributed by atoms with Gasteiger partial charge < -0.3 is 25.0 Å². The summed E-state index contributed by atoms with van der Waals surface area (Å²) in [5, 5.41) is 11.6. The van der Waals surface area contributed by atoms with Gasteiger partial charge in [-0.05, 0) is 13.1 Å². The van der Waals surface area contributed by atoms with Gasteiger partial charge >= 0.3 is 12.0 Å². The quantitative estimate of drug-likeness (QED) is 0.699. The van der Waals surface area contributed by atoms with Crippen molar-refractivity contribution in [3.05, 3.63) is 0 Å². The molecule has 1 unspecified atom stereocenters. The average molecular weight is 287 g/mol. The Balaban J connectivity index is 2.30. The summed E-state index contributed by atoms with van der Waals surface area (Å²) in [5.41, 5.74) is 0. The lowest BCUT2D eigenvalue weighted by atomic mass is 10.2. The van der Waals surface area contributed by atoms with Crippen molar-refractivity contribution in [2.45, 2.75) is 26.4 Å². The molecule has 1 heterocycles. The standard InChI is InChI=1S/C13H25N3O4/c1-3-15(4-2)6-5-14-13(19)16-7-8-20-11(10-16)9-12(17)18/h11H,3-10H2,1-2H3,(H,14,19)(H,17,18). The van der Waals surface area contributed by atoms with Crippen LogP contribution >= 0.6 is 0 Å². The van der Waals surface area contributed by atoms with Crippen LogP contribution < -0.4 is 5.32 Å². The number of rotatable bonds is 7. The van der Waals surface area contributed by atoms with Crippen molar-refractivity contribution < 1.29 is 19.4 Å². The Morgan fingerprint density at radius 3 is 2.70 bits per heavy atom. The number of ether oxygens (including phenoxy) is 1. The fraction of sp³-hybridized carbons (Fsp3) is 0.846. The van der Waals surface area contributed by atoms with Gasteiger partial charge in [-0.15, -0.1) is 0 Å². The number of carbonyl (C=O) groups excluding carboxylic acids is 1. The van der Waals surface area contributed by atoms with E-state index in [9.17, 15) is 9.59 Å². The molecule has 1 aliphatic heterocycles. The Bertz CT molecular complexity index is 321. The first-order valence-electron chi connectivity index (χ1n) is 7.15. The molecular formula is C13H25N3O4. The van der Waals surface area contributed by atoms with E-state index in [2.05, 4.69) is 24.1 Å². The smallest absolute Gasteiger partial charge is 0.317 e. The van der Waals surface area contributed by atoms with E-state index in [-0.39, 0.29) is 12.5 Å². The third-order valence-corrected chi connectivity index (χ3v) is 3.43. The highest BCUT2D eigenvalue weighted by Crippen LogP contribution is 2.08. The second kappa shape index (κ2) is 8.76. The minimum absolute atomic E-state index is 0.0662. The predicted molar refractivity (Wildman–Crippen MR) is 74.8 cm³/mol. The molecule has 1 rings (SSSR count). The monoisotopic (exact) mass is 287 g/mol. The zero-order chi connectivity index (χ0) is 15.0. The fourth-order valence-corrected chi connectivity index (χ4v) is 2.19. The molecule has 7 nitrogen and oxygen atoms in total. The normalized spacial score (nSPS) is 19.1. The van der Waals surface area contributed by atoms with Crippen molar-refractivity contribution in [1.29, 1.82) is 0 Å². The van der Waals surface area contributed by atoms with Crippen molar-refractivity contribution in [3.63, 3.8) is 0 Å². The molecule has 0 aliphatic carbocycles. The van der Waals surface area contributed by atoms with Crippen molar-refractivity contribution in [3.8, 4) is 0 Å². The number of morpholine rings is 1. The largest absolute Gasteiger partial charge is 0.481 e. The van der Waals surface area contributed by atoms with Crippen molar-refractivity contribution in [1.82, 2.24) is 15.1 Å². The van der Waals surface area contributed by atoms with Crippen LogP contribution in [0.1, 0.15) is 20.3 Å². The minimum atomic E-state index is -0.904. The number of carboxylic acids is 1. The zero-order valence-electron chi connectivity index (χ0n) is 12.3. The summed E-state index contributed by atoms with van der Waals surface area (Å²) in [5.74, 6) is -0.904. The molecule has 1 aliphatic rings. The number of carbonyl (C=O) groups is 2. The van der Waals surface area contributed by atoms with Crippen LogP contribution in [-0.4, -0.2) is 78.9 Å². The van der Waals surface area contributed by atoms with E-state index in [1.54, 1.807) is 4.90 Å². The first-order chi connectivity index (χ1) is 9.56. The molecule has 0 spiro atoms. The number of nitrogens with zero attached hydrogens (tertiary/aromatic N) is 2. The Hall–Kier alpha value is -1.34. The van der Waals surface area contributed by atoms with Crippen LogP contribution in [0.5, 0.6) is 0 Å². The second-order valence-corrected chi connectivity index (χ2v) is 4.80. The summed E-state index contributed by atoms with van der Waals surface area (Å²) >= 11 is 0. The minimum Gasteiger partial charge on any atom is -0.481 e. The molecule has 2 amide bonds. The lowest BCUT2D eigenvalue weighted by Gasteiger charge is -2.32. The highest BCUT2D eigenvalue weighted by molar-refractivity contribution is 5.74. The third-order valence-electron chi connectivity index (χ3n) is 3.43. The Morgan fingerprint density at radius 1 is 1.40 bits per heavy atom. The molecule has 7 heteroatoms. The van der Waals surface area contributed by atoms with E-state index >= 15 is 0 Å². The van der Waals surface area contributed by atoms with Gasteiger partial charge in [-0.3, -0.25) is 4.79 Å². The lowest BCUT2D eigenvalue weighted by Crippen LogP contribution is -2.51. The van der Waals surface area contributed by atoms with Crippen LogP contribution in [-0.2, 0) is 9.53 Å². The van der Waals surface area contributed by atoms with E-state index in [0.717, 1.165) is 19.6 Å². The SMILES string of the molecule is CCN(CC)CCNC(=O)N1CCOC(CC(=O)O)C1. The molecule has 2 N–H and O–H groups in total. The molecule has 116 valence electrons. The summed E-state index contributed by atoms with van der Waals surface area (Å²) in [7, 11) is 0. The highest BCUT2D eigenvalue weighted by atomic mass is 16.5. The molecule has 0 aromatic rings. The van der Waals surface area contributed by atoms with Crippen LogP contribution in [0, 0.1) is 0 Å². The molecular weight excluding hydrogens is 262 g/mol. The highest BCUT2D eigenvalue weighted by Gasteiger charge is 2.25. The number of urea groups is 1. The first-order valence-corrected chi connectivity index (χ1v) is 7.15. The van der Waals surface area contributed by atoms with E-state index in [1.807, 2.05) is 0 Å². The van der Waals surface area contributed by atoms with Crippen LogP contribution in [0.25, 0.3) is 0 Å². The maximum Gasteiger partial charge on any atom is 0.317 e. The van der Waals surface area contributed by atoms with E-state index in [1.165, 1.54) is 0 Å². The second-order valence-electron chi connectivity index (χ2n) is 4.80. The predicted octanol–water partition coefficient (Wildman–Crippen LogP) is 0.213. The number of hydrogen-bond donors (Lipinski definition) is 2. The summed E-state index contributed by atoms with van der Waals surface area (Å²) in [6.45, 7) is 8.75. The Kier molecular flexibility index (Phi) is 7.32. The van der Waals surface area contributed by atoms with Gasteiger partial charge in [0, 0.05) is 26.2 Å². The molecule has 1 atom stereocenters. The van der Waals surface area contributed by atoms with Gasteiger partial charge in [0.25, 0.3) is 0 Å². The summed E-state index contributed by atoms with van der Waals surface area (Å²) in [6, 6.07) is -0.143. The molecule has 0 bridgehead atoms. The fourth-order valence-electron chi connectivity index (χ4n) is 2.19. The Labute approximate surface area is 119 Å². The average Bonchev–Trinajstić information content (AvgIpc) is 2.43. The molecule has 0 radical (unpaired) electrons. The number of amides is 2. The van der Waals surface area contributed by atoms with E-state index < -0.39 is 12.1 Å². The van der Waals surface area contributed by atoms with Crippen LogP contribution in [0.3, 0.4) is 0 Å². The number of nitrogens with one attached hydrogen (secondary N) is 1. The van der Waals surface area contributed by atoms with Crippen molar-refractivity contribution in [2.75, 3.05) is 45.9 Å². The lowest BCUT2D eigenvalue weighted by molar-refractivity contribution is -0.141. The van der Waals surface area contributed by atoms with Gasteiger partial charge in [-0.2, -0.15) is 0 Å². The summed E-state index contributed by atoms with van der Waals surface area (Å²) in [4.78, 5) is 26.5. The number of carboxylic acid groups (broad SMARTS) is 1. The van der Waals surface area contributed by atoms with Gasteiger partial charge in [0.1, 0.15) is 0 Å². The maximum atomic E-state index is 12.0. The van der Waals surface area contributed by atoms with Gasteiger partial charge in [-0.1, -0.05) is 13.8 Å². The number of hydrogen-bond acceptors (Lipinski definition) is 4.